The van der Waals surface area contributed by atoms with Crippen molar-refractivity contribution in [2.45, 2.75) is 20.0 Å². The largest absolute Gasteiger partial charge is 0.489 e. The third-order valence-electron chi connectivity index (χ3n) is 2.46. The smallest absolute Gasteiger partial charge is 0.360 e. The first-order valence-corrected chi connectivity index (χ1v) is 6.06. The van der Waals surface area contributed by atoms with Crippen molar-refractivity contribution in [2.24, 2.45) is 0 Å². The van der Waals surface area contributed by atoms with Crippen LogP contribution in [0.25, 0.3) is 5.69 Å². The normalized spacial score (nSPS) is 10.6. The van der Waals surface area contributed by atoms with Gasteiger partial charge in [0.1, 0.15) is 5.75 Å². The van der Waals surface area contributed by atoms with Crippen LogP contribution in [0.1, 0.15) is 24.3 Å². The lowest BCUT2D eigenvalue weighted by atomic mass is 10.4. The Kier molecular flexibility index (Phi) is 3.88. The number of carbonyl (C=O) groups excluding carboxylic acids is 1. The Hall–Kier alpha value is -2.57. The van der Waals surface area contributed by atoms with Gasteiger partial charge in [-0.1, -0.05) is 0 Å². The number of esters is 1. The zero-order valence-corrected chi connectivity index (χ0v) is 11.5. The Morgan fingerprint density at radius 1 is 1.40 bits per heavy atom. The molecule has 0 aliphatic rings. The second-order valence-electron chi connectivity index (χ2n) is 4.41. The third kappa shape index (κ3) is 2.87. The van der Waals surface area contributed by atoms with E-state index in [1.54, 1.807) is 18.5 Å². The lowest BCUT2D eigenvalue weighted by Crippen LogP contribution is -2.07. The molecule has 0 unspecified atom stereocenters. The number of methoxy groups -OCH3 is 1. The van der Waals surface area contributed by atoms with E-state index in [4.69, 9.17) is 10.5 Å². The van der Waals surface area contributed by atoms with Crippen LogP contribution in [0.5, 0.6) is 5.75 Å². The molecule has 2 aromatic heterocycles. The van der Waals surface area contributed by atoms with Gasteiger partial charge in [0.15, 0.2) is 5.69 Å². The summed E-state index contributed by atoms with van der Waals surface area (Å²) >= 11 is 0. The molecule has 0 bridgehead atoms. The van der Waals surface area contributed by atoms with E-state index in [2.05, 4.69) is 14.8 Å². The first-order chi connectivity index (χ1) is 9.51. The summed E-state index contributed by atoms with van der Waals surface area (Å²) in [7, 11) is 1.28. The lowest BCUT2D eigenvalue weighted by Gasteiger charge is -2.10. The number of rotatable bonds is 4. The molecule has 106 valence electrons. The molecule has 2 rings (SSSR count). The predicted octanol–water partition coefficient (Wildman–Crippen LogP) is 1.42. The molecular weight excluding hydrogens is 260 g/mol. The number of carbonyl (C=O) groups is 1. The second kappa shape index (κ2) is 5.60. The number of ether oxygens (including phenoxy) is 2. The highest BCUT2D eigenvalue weighted by molar-refractivity contribution is 5.92. The number of nitrogens with zero attached hydrogens (tertiary/aromatic N) is 3. The summed E-state index contributed by atoms with van der Waals surface area (Å²) < 4.78 is 11.6. The lowest BCUT2D eigenvalue weighted by molar-refractivity contribution is 0.0594. The standard InChI is InChI=1S/C13H16N4O3/c1-8(2)20-10-4-9(5-15-6-10)17-7-11(14)12(16-17)13(18)19-3/h4-8H,14H2,1-3H3. The predicted molar refractivity (Wildman–Crippen MR) is 72.9 cm³/mol. The molecule has 0 saturated heterocycles. The van der Waals surface area contributed by atoms with Gasteiger partial charge in [-0.05, 0) is 13.8 Å². The van der Waals surface area contributed by atoms with E-state index in [9.17, 15) is 4.79 Å². The van der Waals surface area contributed by atoms with E-state index in [1.807, 2.05) is 13.8 Å². The number of anilines is 1. The molecule has 7 nitrogen and oxygen atoms in total. The van der Waals surface area contributed by atoms with Crippen molar-refractivity contribution in [2.75, 3.05) is 12.8 Å². The van der Waals surface area contributed by atoms with Crippen LogP contribution in [-0.4, -0.2) is 33.9 Å². The first-order valence-electron chi connectivity index (χ1n) is 6.06. The quantitative estimate of drug-likeness (QED) is 0.849. The average Bonchev–Trinajstić information content (AvgIpc) is 2.79. The minimum absolute atomic E-state index is 0.0420. The Morgan fingerprint density at radius 2 is 2.15 bits per heavy atom. The van der Waals surface area contributed by atoms with Crippen molar-refractivity contribution in [3.63, 3.8) is 0 Å². The van der Waals surface area contributed by atoms with Crippen LogP contribution in [0, 0.1) is 0 Å². The Balaban J connectivity index is 2.34. The van der Waals surface area contributed by atoms with Gasteiger partial charge in [0.2, 0.25) is 0 Å². The third-order valence-corrected chi connectivity index (χ3v) is 2.46. The minimum Gasteiger partial charge on any atom is -0.489 e. The molecule has 0 radical (unpaired) electrons. The van der Waals surface area contributed by atoms with Crippen LogP contribution in [0.4, 0.5) is 5.69 Å². The van der Waals surface area contributed by atoms with E-state index in [0.29, 0.717) is 11.4 Å². The Labute approximate surface area is 116 Å². The van der Waals surface area contributed by atoms with Gasteiger partial charge in [-0.15, -0.1) is 0 Å². The number of hydrogen-bond acceptors (Lipinski definition) is 6. The summed E-state index contributed by atoms with van der Waals surface area (Å²) in [4.78, 5) is 15.5. The summed E-state index contributed by atoms with van der Waals surface area (Å²) in [6, 6.07) is 1.76. The van der Waals surface area contributed by atoms with Gasteiger partial charge in [-0.25, -0.2) is 9.48 Å². The summed E-state index contributed by atoms with van der Waals surface area (Å²) in [5, 5.41) is 4.09. The SMILES string of the molecule is COC(=O)c1nn(-c2cncc(OC(C)C)c2)cc1N. The highest BCUT2D eigenvalue weighted by Crippen LogP contribution is 2.18. The molecule has 7 heteroatoms. The van der Waals surface area contributed by atoms with Crippen molar-refractivity contribution < 1.29 is 14.3 Å². The number of nitrogen functional groups attached to an aromatic ring is 1. The monoisotopic (exact) mass is 276 g/mol. The van der Waals surface area contributed by atoms with Crippen molar-refractivity contribution >= 4 is 11.7 Å². The topological polar surface area (TPSA) is 92.3 Å². The van der Waals surface area contributed by atoms with Crippen molar-refractivity contribution in [3.8, 4) is 11.4 Å². The maximum atomic E-state index is 11.5. The molecule has 2 N–H and O–H groups in total. The Bertz CT molecular complexity index is 622. The molecule has 20 heavy (non-hydrogen) atoms. The van der Waals surface area contributed by atoms with Crippen molar-refractivity contribution in [1.82, 2.24) is 14.8 Å². The van der Waals surface area contributed by atoms with Crippen molar-refractivity contribution in [1.29, 1.82) is 0 Å². The highest BCUT2D eigenvalue weighted by Gasteiger charge is 2.16. The van der Waals surface area contributed by atoms with Crippen LogP contribution in [0.3, 0.4) is 0 Å². The molecule has 0 atom stereocenters. The first kappa shape index (κ1) is 13.9. The number of nitrogens with two attached hydrogens (primary N) is 1. The molecule has 2 aromatic rings. The van der Waals surface area contributed by atoms with E-state index in [-0.39, 0.29) is 17.5 Å². The van der Waals surface area contributed by atoms with Gasteiger partial charge >= 0.3 is 5.97 Å². The van der Waals surface area contributed by atoms with Gasteiger partial charge in [-0.2, -0.15) is 5.10 Å². The van der Waals surface area contributed by atoms with Crippen molar-refractivity contribution in [3.05, 3.63) is 30.4 Å². The number of pyridine rings is 1. The summed E-state index contributed by atoms with van der Waals surface area (Å²) in [5.41, 5.74) is 6.70. The minimum atomic E-state index is -0.580. The number of aromatic nitrogens is 3. The maximum Gasteiger partial charge on any atom is 0.360 e. The van der Waals surface area contributed by atoms with Crippen LogP contribution < -0.4 is 10.5 Å². The van der Waals surface area contributed by atoms with E-state index in [0.717, 1.165) is 0 Å². The van der Waals surface area contributed by atoms with E-state index >= 15 is 0 Å². The molecular formula is C13H16N4O3. The fourth-order valence-corrected chi connectivity index (χ4v) is 1.64. The zero-order valence-electron chi connectivity index (χ0n) is 11.5. The van der Waals surface area contributed by atoms with Crippen LogP contribution >= 0.6 is 0 Å². The molecule has 0 aromatic carbocycles. The van der Waals surface area contributed by atoms with Gasteiger partial charge in [0.25, 0.3) is 0 Å². The maximum absolute atomic E-state index is 11.5. The molecule has 0 saturated carbocycles. The summed E-state index contributed by atoms with van der Waals surface area (Å²) in [6.45, 7) is 3.85. The molecule has 0 fully saturated rings. The molecule has 0 aliphatic heterocycles. The van der Waals surface area contributed by atoms with Gasteiger partial charge in [0.05, 0.1) is 43.2 Å². The zero-order chi connectivity index (χ0) is 14.7. The number of hydrogen-bond donors (Lipinski definition) is 1. The van der Waals surface area contributed by atoms with Gasteiger partial charge in [-0.3, -0.25) is 4.98 Å². The van der Waals surface area contributed by atoms with Crippen LogP contribution in [0.2, 0.25) is 0 Å². The van der Waals surface area contributed by atoms with Gasteiger partial charge in [0, 0.05) is 6.07 Å². The molecule has 2 heterocycles. The fourth-order valence-electron chi connectivity index (χ4n) is 1.64. The van der Waals surface area contributed by atoms with E-state index in [1.165, 1.54) is 18.0 Å². The van der Waals surface area contributed by atoms with Crippen LogP contribution in [0.15, 0.2) is 24.7 Å². The average molecular weight is 276 g/mol. The summed E-state index contributed by atoms with van der Waals surface area (Å²) in [6.07, 6.45) is 4.78. The highest BCUT2D eigenvalue weighted by atomic mass is 16.5. The van der Waals surface area contributed by atoms with E-state index < -0.39 is 5.97 Å². The molecule has 0 aliphatic carbocycles. The van der Waals surface area contributed by atoms with Crippen LogP contribution in [-0.2, 0) is 4.74 Å². The fraction of sp³-hybridized carbons (Fsp3) is 0.308. The molecule has 0 spiro atoms. The second-order valence-corrected chi connectivity index (χ2v) is 4.41. The van der Waals surface area contributed by atoms with Gasteiger partial charge < -0.3 is 15.2 Å². The molecule has 0 amide bonds. The summed E-state index contributed by atoms with van der Waals surface area (Å²) in [5.74, 6) is 0.0370. The Morgan fingerprint density at radius 3 is 2.80 bits per heavy atom.